The summed E-state index contributed by atoms with van der Waals surface area (Å²) in [6.45, 7) is 1.37. The van der Waals surface area contributed by atoms with Crippen molar-refractivity contribution >= 4 is 48.3 Å². The molecule has 46 heavy (non-hydrogen) atoms. The van der Waals surface area contributed by atoms with E-state index >= 15 is 0 Å². The average molecular weight is 655 g/mol. The summed E-state index contributed by atoms with van der Waals surface area (Å²) in [6.07, 6.45) is -1.28. The second-order valence-electron chi connectivity index (χ2n) is 9.56. The number of hydrogen-bond acceptors (Lipinski definition) is 14. The van der Waals surface area contributed by atoms with E-state index in [2.05, 4.69) is 29.8 Å². The third-order valence-electron chi connectivity index (χ3n) is 5.77. The molecule has 1 rings (SSSR count). The van der Waals surface area contributed by atoms with Gasteiger partial charge in [-0.15, -0.1) is 0 Å². The van der Waals surface area contributed by atoms with Gasteiger partial charge in [0.25, 0.3) is 0 Å². The van der Waals surface area contributed by atoms with Gasteiger partial charge >= 0.3 is 36.1 Å². The number of aromatic nitrogens is 1. The third-order valence-corrected chi connectivity index (χ3v) is 5.77. The number of carbonyl (C=O) groups is 8. The molecule has 1 aromatic rings. The van der Waals surface area contributed by atoms with Gasteiger partial charge in [-0.05, 0) is 25.5 Å². The Morgan fingerprint density at radius 1 is 0.957 bits per heavy atom. The number of esters is 3. The van der Waals surface area contributed by atoms with Crippen molar-refractivity contribution in [1.82, 2.24) is 20.5 Å². The number of nitrogens with one attached hydrogen (secondary N) is 2. The van der Waals surface area contributed by atoms with Crippen molar-refractivity contribution in [3.63, 3.8) is 0 Å². The van der Waals surface area contributed by atoms with Gasteiger partial charge in [-0.1, -0.05) is 19.9 Å². The van der Waals surface area contributed by atoms with Crippen molar-refractivity contribution < 1.29 is 67.1 Å². The van der Waals surface area contributed by atoms with E-state index in [1.807, 2.05) is 0 Å². The van der Waals surface area contributed by atoms with Crippen LogP contribution in [0, 0.1) is 0 Å². The van der Waals surface area contributed by atoms with Crippen LogP contribution in [0.2, 0.25) is 0 Å². The number of rotatable bonds is 20. The molecule has 0 aliphatic rings. The molecule has 3 amide bonds. The minimum absolute atomic E-state index is 0.00383. The summed E-state index contributed by atoms with van der Waals surface area (Å²) in [5, 5.41) is 13.8. The fourth-order valence-corrected chi connectivity index (χ4v) is 3.48. The Morgan fingerprint density at radius 3 is 2.13 bits per heavy atom. The molecule has 0 aliphatic carbocycles. The fraction of sp³-hybridized carbons (Fsp3) is 0.536. The first-order valence-electron chi connectivity index (χ1n) is 14.1. The average Bonchev–Trinajstić information content (AvgIpc) is 3.02. The van der Waals surface area contributed by atoms with Crippen LogP contribution >= 0.6 is 0 Å². The summed E-state index contributed by atoms with van der Waals surface area (Å²) >= 11 is 0. The molecular formula is C28H38N4O14. The SMILES string of the molecule is CCC(=O)OCOC(=O)NCCN(CC(=O)O)C(=O)C(CCC(=O)OC(C)(C=O)Cc1ccccn1)NC(=O)OCOC(=O)CC. The van der Waals surface area contributed by atoms with Crippen LogP contribution in [0.5, 0.6) is 0 Å². The highest BCUT2D eigenvalue weighted by atomic mass is 16.7. The highest BCUT2D eigenvalue weighted by molar-refractivity contribution is 5.88. The van der Waals surface area contributed by atoms with Crippen molar-refractivity contribution in [2.24, 2.45) is 0 Å². The van der Waals surface area contributed by atoms with E-state index in [4.69, 9.17) is 9.47 Å². The molecule has 0 spiro atoms. The number of aldehydes is 1. The van der Waals surface area contributed by atoms with E-state index in [1.165, 1.54) is 27.0 Å². The summed E-state index contributed by atoms with van der Waals surface area (Å²) in [4.78, 5) is 101. The number of hydrogen-bond donors (Lipinski definition) is 3. The Kier molecular flexibility index (Phi) is 17.4. The van der Waals surface area contributed by atoms with Gasteiger partial charge in [-0.25, -0.2) is 9.59 Å². The molecule has 0 fully saturated rings. The molecule has 18 nitrogen and oxygen atoms in total. The van der Waals surface area contributed by atoms with Crippen molar-refractivity contribution in [3.05, 3.63) is 30.1 Å². The molecular weight excluding hydrogens is 616 g/mol. The molecule has 3 N–H and O–H groups in total. The second-order valence-corrected chi connectivity index (χ2v) is 9.56. The molecule has 18 heteroatoms. The van der Waals surface area contributed by atoms with E-state index in [-0.39, 0.29) is 25.8 Å². The summed E-state index contributed by atoms with van der Waals surface area (Å²) in [6, 6.07) is 3.41. The largest absolute Gasteiger partial charge is 0.480 e. The molecule has 0 radical (unpaired) electrons. The maximum atomic E-state index is 13.4. The number of nitrogens with zero attached hydrogens (tertiary/aromatic N) is 2. The Morgan fingerprint density at radius 2 is 1.59 bits per heavy atom. The summed E-state index contributed by atoms with van der Waals surface area (Å²) in [5.41, 5.74) is -1.14. The number of aliphatic carboxylic acids is 1. The predicted molar refractivity (Wildman–Crippen MR) is 152 cm³/mol. The van der Waals surface area contributed by atoms with Gasteiger partial charge in [0.05, 0.1) is 0 Å². The number of alkyl carbamates (subject to hydrolysis) is 2. The van der Waals surface area contributed by atoms with E-state index < -0.39 is 93.1 Å². The first kappa shape index (κ1) is 38.7. The van der Waals surface area contributed by atoms with Gasteiger partial charge in [0.15, 0.2) is 11.9 Å². The number of ether oxygens (including phenoxy) is 5. The summed E-state index contributed by atoms with van der Waals surface area (Å²) < 4.78 is 24.0. The van der Waals surface area contributed by atoms with Gasteiger partial charge in [0.2, 0.25) is 19.5 Å². The monoisotopic (exact) mass is 654 g/mol. The molecule has 2 atom stereocenters. The van der Waals surface area contributed by atoms with Gasteiger partial charge < -0.3 is 44.3 Å². The van der Waals surface area contributed by atoms with E-state index in [0.717, 1.165) is 4.90 Å². The zero-order valence-corrected chi connectivity index (χ0v) is 25.7. The Hall–Kier alpha value is -5.29. The van der Waals surface area contributed by atoms with Gasteiger partial charge in [0, 0.05) is 50.7 Å². The Bertz CT molecular complexity index is 1210. The van der Waals surface area contributed by atoms with Crippen LogP contribution in [-0.4, -0.2) is 108 Å². The van der Waals surface area contributed by atoms with Crippen molar-refractivity contribution in [1.29, 1.82) is 0 Å². The molecule has 0 bridgehead atoms. The van der Waals surface area contributed by atoms with Crippen molar-refractivity contribution in [3.8, 4) is 0 Å². The van der Waals surface area contributed by atoms with E-state index in [1.54, 1.807) is 18.2 Å². The number of carboxylic acid groups (broad SMARTS) is 1. The van der Waals surface area contributed by atoms with E-state index in [9.17, 15) is 43.5 Å². The number of carbonyl (C=O) groups excluding carboxylic acids is 7. The topological polar surface area (TPSA) is 243 Å². The van der Waals surface area contributed by atoms with Gasteiger partial charge in [0.1, 0.15) is 12.6 Å². The lowest BCUT2D eigenvalue weighted by Gasteiger charge is -2.27. The first-order valence-corrected chi connectivity index (χ1v) is 14.1. The first-order chi connectivity index (χ1) is 21.8. The van der Waals surface area contributed by atoms with Crippen molar-refractivity contribution in [2.45, 2.75) is 64.5 Å². The van der Waals surface area contributed by atoms with Crippen LogP contribution in [0.15, 0.2) is 24.4 Å². The zero-order valence-electron chi connectivity index (χ0n) is 25.7. The molecule has 1 aromatic heterocycles. The highest BCUT2D eigenvalue weighted by Crippen LogP contribution is 2.16. The molecule has 254 valence electrons. The second kappa shape index (κ2) is 20.6. The standard InChI is InChI=1S/C28H38N4O14/c1-4-22(36)42-17-44-26(40)30-12-13-32(15-21(34)35)25(39)20(31-27(41)45-18-43-23(37)5-2)9-10-24(38)46-28(3,16-33)14-19-8-6-7-11-29-19/h6-8,11,16,20H,4-5,9-10,12-15,17-18H2,1-3H3,(H,30,40)(H,31,41)(H,34,35). The van der Waals surface area contributed by atoms with Crippen LogP contribution in [-0.2, 0) is 58.9 Å². The fourth-order valence-electron chi connectivity index (χ4n) is 3.48. The number of carboxylic acids is 1. The molecule has 0 aromatic carbocycles. The van der Waals surface area contributed by atoms with Crippen LogP contribution in [0.25, 0.3) is 0 Å². The molecule has 0 aliphatic heterocycles. The zero-order chi connectivity index (χ0) is 34.5. The minimum Gasteiger partial charge on any atom is -0.480 e. The van der Waals surface area contributed by atoms with Crippen LogP contribution < -0.4 is 10.6 Å². The lowest BCUT2D eigenvalue weighted by atomic mass is 10.0. The van der Waals surface area contributed by atoms with E-state index in [0.29, 0.717) is 12.0 Å². The van der Waals surface area contributed by atoms with Crippen LogP contribution in [0.4, 0.5) is 9.59 Å². The predicted octanol–water partition coefficient (Wildman–Crippen LogP) is 0.461. The smallest absolute Gasteiger partial charge is 0.410 e. The van der Waals surface area contributed by atoms with Crippen molar-refractivity contribution in [2.75, 3.05) is 33.2 Å². The maximum Gasteiger partial charge on any atom is 0.410 e. The number of amides is 3. The lowest BCUT2D eigenvalue weighted by Crippen LogP contribution is -2.52. The molecule has 1 heterocycles. The van der Waals surface area contributed by atoms with Gasteiger partial charge in [-0.2, -0.15) is 0 Å². The number of pyridine rings is 1. The van der Waals surface area contributed by atoms with Crippen LogP contribution in [0.3, 0.4) is 0 Å². The summed E-state index contributed by atoms with van der Waals surface area (Å²) in [5.74, 6) is -4.63. The normalized spacial score (nSPS) is 12.2. The Balaban J connectivity index is 2.96. The molecule has 0 saturated carbocycles. The third kappa shape index (κ3) is 16.0. The quantitative estimate of drug-likeness (QED) is 0.0748. The highest BCUT2D eigenvalue weighted by Gasteiger charge is 2.32. The summed E-state index contributed by atoms with van der Waals surface area (Å²) in [7, 11) is 0. The molecule has 0 saturated heterocycles. The minimum atomic E-state index is -1.61. The maximum absolute atomic E-state index is 13.4. The van der Waals surface area contributed by atoms with Crippen LogP contribution in [0.1, 0.15) is 52.1 Å². The van der Waals surface area contributed by atoms with Gasteiger partial charge in [-0.3, -0.25) is 33.8 Å². The lowest BCUT2D eigenvalue weighted by molar-refractivity contribution is -0.161. The Labute approximate surface area is 264 Å². The molecule has 2 unspecified atom stereocenters.